The summed E-state index contributed by atoms with van der Waals surface area (Å²) < 4.78 is 0. The van der Waals surface area contributed by atoms with Gasteiger partial charge in [-0.15, -0.1) is 0 Å². The summed E-state index contributed by atoms with van der Waals surface area (Å²) in [6.07, 6.45) is 2.31. The highest BCUT2D eigenvalue weighted by Gasteiger charge is 2.10. The second-order valence-electron chi connectivity index (χ2n) is 3.76. The third kappa shape index (κ3) is 2.68. The predicted molar refractivity (Wildman–Crippen MR) is 67.4 cm³/mol. The van der Waals surface area contributed by atoms with Crippen molar-refractivity contribution >= 4 is 18.3 Å². The van der Waals surface area contributed by atoms with Gasteiger partial charge >= 0.3 is 0 Å². The van der Waals surface area contributed by atoms with Gasteiger partial charge in [0.1, 0.15) is 0 Å². The molecule has 0 radical (unpaired) electrons. The van der Waals surface area contributed by atoms with Crippen LogP contribution in [-0.2, 0) is 0 Å². The molecule has 0 aliphatic rings. The normalized spacial score (nSPS) is 12.6. The van der Waals surface area contributed by atoms with E-state index in [2.05, 4.69) is 62.8 Å². The highest BCUT2D eigenvalue weighted by molar-refractivity contribution is 7.80. The first-order valence-electron chi connectivity index (χ1n) is 5.11. The Morgan fingerprint density at radius 1 is 1.29 bits per heavy atom. The monoisotopic (exact) mass is 209 g/mol. The third-order valence-corrected chi connectivity index (χ3v) is 2.88. The second kappa shape index (κ2) is 5.30. The lowest BCUT2D eigenvalue weighted by atomic mass is 10.1. The molecule has 1 rings (SSSR count). The van der Waals surface area contributed by atoms with Gasteiger partial charge in [-0.1, -0.05) is 31.5 Å². The van der Waals surface area contributed by atoms with E-state index in [1.54, 1.807) is 0 Å². The first kappa shape index (κ1) is 11.4. The SMILES string of the molecule is CCCC(S)c1ccccc1N(C)C. The zero-order chi connectivity index (χ0) is 10.6. The van der Waals surface area contributed by atoms with Gasteiger partial charge in [0.05, 0.1) is 0 Å². The Kier molecular flexibility index (Phi) is 4.33. The van der Waals surface area contributed by atoms with Crippen molar-refractivity contribution in [3.63, 3.8) is 0 Å². The van der Waals surface area contributed by atoms with Crippen molar-refractivity contribution in [3.05, 3.63) is 29.8 Å². The van der Waals surface area contributed by atoms with Gasteiger partial charge in [0.25, 0.3) is 0 Å². The van der Waals surface area contributed by atoms with Crippen LogP contribution >= 0.6 is 12.6 Å². The zero-order valence-corrected chi connectivity index (χ0v) is 10.1. The van der Waals surface area contributed by atoms with Gasteiger partial charge in [-0.05, 0) is 18.1 Å². The highest BCUT2D eigenvalue weighted by Crippen LogP contribution is 2.31. The van der Waals surface area contributed by atoms with Crippen LogP contribution < -0.4 is 4.90 Å². The molecule has 0 spiro atoms. The van der Waals surface area contributed by atoms with Gasteiger partial charge in [-0.25, -0.2) is 0 Å². The van der Waals surface area contributed by atoms with E-state index in [1.807, 2.05) is 0 Å². The quantitative estimate of drug-likeness (QED) is 0.743. The van der Waals surface area contributed by atoms with Gasteiger partial charge in [0.2, 0.25) is 0 Å². The predicted octanol–water partition coefficient (Wildman–Crippen LogP) is 3.52. The molecule has 0 N–H and O–H groups in total. The smallest absolute Gasteiger partial charge is 0.0404 e. The summed E-state index contributed by atoms with van der Waals surface area (Å²) in [5, 5.41) is 0.360. The molecular formula is C12H19NS. The van der Waals surface area contributed by atoms with Crippen LogP contribution in [0.4, 0.5) is 5.69 Å². The van der Waals surface area contributed by atoms with Crippen LogP contribution in [0.3, 0.4) is 0 Å². The third-order valence-electron chi connectivity index (χ3n) is 2.34. The number of thiol groups is 1. The van der Waals surface area contributed by atoms with Crippen molar-refractivity contribution in [3.8, 4) is 0 Å². The summed E-state index contributed by atoms with van der Waals surface area (Å²) in [7, 11) is 4.15. The molecule has 0 saturated carbocycles. The maximum absolute atomic E-state index is 4.64. The van der Waals surface area contributed by atoms with E-state index in [0.29, 0.717) is 5.25 Å². The Labute approximate surface area is 92.5 Å². The summed E-state index contributed by atoms with van der Waals surface area (Å²) in [6, 6.07) is 8.48. The molecule has 14 heavy (non-hydrogen) atoms. The van der Waals surface area contributed by atoms with Crippen molar-refractivity contribution < 1.29 is 0 Å². The summed E-state index contributed by atoms with van der Waals surface area (Å²) in [5.41, 5.74) is 2.61. The highest BCUT2D eigenvalue weighted by atomic mass is 32.1. The fourth-order valence-corrected chi connectivity index (χ4v) is 2.08. The van der Waals surface area contributed by atoms with Gasteiger partial charge in [-0.3, -0.25) is 0 Å². The molecule has 0 aliphatic carbocycles. The minimum atomic E-state index is 0.360. The van der Waals surface area contributed by atoms with Crippen molar-refractivity contribution in [1.29, 1.82) is 0 Å². The molecule has 0 aromatic heterocycles. The molecule has 1 aromatic rings. The zero-order valence-electron chi connectivity index (χ0n) is 9.20. The molecule has 0 saturated heterocycles. The largest absolute Gasteiger partial charge is 0.377 e. The lowest BCUT2D eigenvalue weighted by Crippen LogP contribution is -2.11. The number of nitrogens with zero attached hydrogens (tertiary/aromatic N) is 1. The van der Waals surface area contributed by atoms with Crippen LogP contribution in [-0.4, -0.2) is 14.1 Å². The fraction of sp³-hybridized carbons (Fsp3) is 0.500. The van der Waals surface area contributed by atoms with Crippen LogP contribution in [0.5, 0.6) is 0 Å². The molecule has 1 unspecified atom stereocenters. The van der Waals surface area contributed by atoms with Gasteiger partial charge < -0.3 is 4.90 Å². The van der Waals surface area contributed by atoms with E-state index in [0.717, 1.165) is 6.42 Å². The van der Waals surface area contributed by atoms with Crippen LogP contribution in [0.1, 0.15) is 30.6 Å². The summed E-state index contributed by atoms with van der Waals surface area (Å²) in [4.78, 5) is 2.15. The molecule has 78 valence electrons. The molecule has 0 amide bonds. The average Bonchev–Trinajstić information content (AvgIpc) is 2.18. The number of para-hydroxylation sites is 1. The van der Waals surface area contributed by atoms with E-state index < -0.39 is 0 Å². The maximum Gasteiger partial charge on any atom is 0.0404 e. The minimum Gasteiger partial charge on any atom is -0.377 e. The minimum absolute atomic E-state index is 0.360. The van der Waals surface area contributed by atoms with Gasteiger partial charge in [-0.2, -0.15) is 12.6 Å². The topological polar surface area (TPSA) is 3.24 Å². The molecule has 0 heterocycles. The first-order valence-corrected chi connectivity index (χ1v) is 5.62. The van der Waals surface area contributed by atoms with Crippen molar-refractivity contribution in [2.24, 2.45) is 0 Å². The molecule has 1 atom stereocenters. The van der Waals surface area contributed by atoms with Crippen LogP contribution in [0.15, 0.2) is 24.3 Å². The summed E-state index contributed by atoms with van der Waals surface area (Å²) in [6.45, 7) is 2.20. The second-order valence-corrected chi connectivity index (χ2v) is 4.38. The van der Waals surface area contributed by atoms with Crippen LogP contribution in [0.25, 0.3) is 0 Å². The summed E-state index contributed by atoms with van der Waals surface area (Å²) in [5.74, 6) is 0. The molecular weight excluding hydrogens is 190 g/mol. The maximum atomic E-state index is 4.64. The van der Waals surface area contributed by atoms with E-state index in [1.165, 1.54) is 17.7 Å². The molecule has 0 bridgehead atoms. The number of hydrogen-bond acceptors (Lipinski definition) is 2. The standard InChI is InChI=1S/C12H19NS/c1-4-7-12(14)10-8-5-6-9-11(10)13(2)3/h5-6,8-9,12,14H,4,7H2,1-3H3. The Morgan fingerprint density at radius 2 is 1.93 bits per heavy atom. The summed E-state index contributed by atoms with van der Waals surface area (Å²) >= 11 is 4.64. The Hall–Kier alpha value is -0.630. The van der Waals surface area contributed by atoms with Crippen molar-refractivity contribution in [2.75, 3.05) is 19.0 Å². The Balaban J connectivity index is 2.94. The fourth-order valence-electron chi connectivity index (χ4n) is 1.61. The lowest BCUT2D eigenvalue weighted by Gasteiger charge is -2.20. The van der Waals surface area contributed by atoms with Crippen molar-refractivity contribution in [2.45, 2.75) is 25.0 Å². The van der Waals surface area contributed by atoms with Gasteiger partial charge in [0, 0.05) is 25.0 Å². The number of benzene rings is 1. The average molecular weight is 209 g/mol. The Bertz CT molecular complexity index is 283. The van der Waals surface area contributed by atoms with Crippen LogP contribution in [0, 0.1) is 0 Å². The van der Waals surface area contributed by atoms with E-state index in [9.17, 15) is 0 Å². The first-order chi connectivity index (χ1) is 6.66. The van der Waals surface area contributed by atoms with E-state index in [4.69, 9.17) is 0 Å². The molecule has 1 aromatic carbocycles. The van der Waals surface area contributed by atoms with Crippen molar-refractivity contribution in [1.82, 2.24) is 0 Å². The molecule has 2 heteroatoms. The molecule has 0 aliphatic heterocycles. The Morgan fingerprint density at radius 3 is 2.50 bits per heavy atom. The number of hydrogen-bond donors (Lipinski definition) is 1. The molecule has 0 fully saturated rings. The van der Waals surface area contributed by atoms with E-state index in [-0.39, 0.29) is 0 Å². The molecule has 1 nitrogen and oxygen atoms in total. The van der Waals surface area contributed by atoms with E-state index >= 15 is 0 Å². The lowest BCUT2D eigenvalue weighted by molar-refractivity contribution is 0.781. The van der Waals surface area contributed by atoms with Crippen LogP contribution in [0.2, 0.25) is 0 Å². The van der Waals surface area contributed by atoms with Gasteiger partial charge in [0.15, 0.2) is 0 Å². The number of anilines is 1. The number of rotatable bonds is 4.